The highest BCUT2D eigenvalue weighted by atomic mass is 16.5. The van der Waals surface area contributed by atoms with Gasteiger partial charge in [-0.3, -0.25) is 4.79 Å². The van der Waals surface area contributed by atoms with Crippen LogP contribution in [0.3, 0.4) is 0 Å². The quantitative estimate of drug-likeness (QED) is 0.737. The number of likely N-dealkylation sites (N-methyl/N-ethyl adjacent to an activating group) is 1. The van der Waals surface area contributed by atoms with Gasteiger partial charge in [0.05, 0.1) is 18.7 Å². The maximum Gasteiger partial charge on any atom is 0.338 e. The summed E-state index contributed by atoms with van der Waals surface area (Å²) >= 11 is 0. The van der Waals surface area contributed by atoms with Crippen LogP contribution in [0.4, 0.5) is 5.69 Å². The van der Waals surface area contributed by atoms with Gasteiger partial charge in [-0.1, -0.05) is 13.8 Å². The molecule has 5 nitrogen and oxygen atoms in total. The van der Waals surface area contributed by atoms with Gasteiger partial charge >= 0.3 is 5.97 Å². The third-order valence-electron chi connectivity index (χ3n) is 2.38. The van der Waals surface area contributed by atoms with Crippen LogP contribution in [0, 0.1) is 0 Å². The van der Waals surface area contributed by atoms with E-state index in [-0.39, 0.29) is 18.4 Å². The molecule has 0 heterocycles. The molecule has 1 amide bonds. The molecule has 104 valence electrons. The Morgan fingerprint density at radius 1 is 1.16 bits per heavy atom. The predicted molar refractivity (Wildman–Crippen MR) is 74.2 cm³/mol. The minimum atomic E-state index is -0.340. The molecular weight excluding hydrogens is 244 g/mol. The third kappa shape index (κ3) is 5.52. The van der Waals surface area contributed by atoms with Crippen molar-refractivity contribution in [2.75, 3.05) is 25.0 Å². The number of benzene rings is 1. The highest BCUT2D eigenvalue weighted by Crippen LogP contribution is 2.10. The molecule has 0 unspecified atom stereocenters. The van der Waals surface area contributed by atoms with E-state index in [9.17, 15) is 9.59 Å². The Labute approximate surface area is 113 Å². The van der Waals surface area contributed by atoms with Gasteiger partial charge in [0.2, 0.25) is 5.91 Å². The zero-order valence-corrected chi connectivity index (χ0v) is 11.4. The minimum Gasteiger partial charge on any atom is -0.462 e. The first-order valence-corrected chi connectivity index (χ1v) is 6.45. The summed E-state index contributed by atoms with van der Waals surface area (Å²) in [6.45, 7) is 5.31. The second-order valence-corrected chi connectivity index (χ2v) is 4.04. The molecule has 0 radical (unpaired) electrons. The van der Waals surface area contributed by atoms with Gasteiger partial charge in [-0.15, -0.1) is 0 Å². The summed E-state index contributed by atoms with van der Waals surface area (Å²) < 4.78 is 5.02. The lowest BCUT2D eigenvalue weighted by Crippen LogP contribution is -2.27. The third-order valence-corrected chi connectivity index (χ3v) is 2.38. The number of ether oxygens (including phenoxy) is 1. The van der Waals surface area contributed by atoms with E-state index >= 15 is 0 Å². The Morgan fingerprint density at radius 2 is 1.84 bits per heavy atom. The molecule has 0 aromatic heterocycles. The Bertz CT molecular complexity index is 415. The fraction of sp³-hybridized carbons (Fsp3) is 0.429. The number of carbonyl (C=O) groups is 2. The Balaban J connectivity index is 2.51. The summed E-state index contributed by atoms with van der Waals surface area (Å²) in [5.41, 5.74) is 1.15. The molecule has 0 bridgehead atoms. The first-order chi connectivity index (χ1) is 9.17. The first-order valence-electron chi connectivity index (χ1n) is 6.45. The van der Waals surface area contributed by atoms with Gasteiger partial charge in [-0.05, 0) is 37.2 Å². The van der Waals surface area contributed by atoms with E-state index in [1.807, 2.05) is 13.8 Å². The molecule has 5 heteroatoms. The van der Waals surface area contributed by atoms with E-state index < -0.39 is 0 Å². The van der Waals surface area contributed by atoms with E-state index in [1.54, 1.807) is 24.3 Å². The maximum atomic E-state index is 11.6. The highest BCUT2D eigenvalue weighted by molar-refractivity contribution is 5.93. The number of carbonyl (C=O) groups excluding carboxylic acids is 2. The van der Waals surface area contributed by atoms with Crippen molar-refractivity contribution < 1.29 is 14.3 Å². The monoisotopic (exact) mass is 264 g/mol. The molecule has 0 aliphatic rings. The van der Waals surface area contributed by atoms with Crippen molar-refractivity contribution in [3.8, 4) is 0 Å². The lowest BCUT2D eigenvalue weighted by molar-refractivity contribution is -0.115. The van der Waals surface area contributed by atoms with E-state index in [2.05, 4.69) is 10.6 Å². The molecule has 19 heavy (non-hydrogen) atoms. The molecule has 1 aromatic rings. The highest BCUT2D eigenvalue weighted by Gasteiger charge is 2.07. The topological polar surface area (TPSA) is 67.4 Å². The molecule has 0 spiro atoms. The van der Waals surface area contributed by atoms with Crippen LogP contribution >= 0.6 is 0 Å². The number of esters is 1. The van der Waals surface area contributed by atoms with E-state index in [4.69, 9.17) is 4.74 Å². The van der Waals surface area contributed by atoms with Crippen LogP contribution in [0.1, 0.15) is 30.6 Å². The van der Waals surface area contributed by atoms with Crippen LogP contribution in [0.5, 0.6) is 0 Å². The lowest BCUT2D eigenvalue weighted by atomic mass is 10.2. The van der Waals surface area contributed by atoms with Crippen LogP contribution in [0.25, 0.3) is 0 Å². The van der Waals surface area contributed by atoms with Crippen molar-refractivity contribution in [2.24, 2.45) is 0 Å². The predicted octanol–water partition coefficient (Wildman–Crippen LogP) is 1.80. The first kappa shape index (κ1) is 15.2. The zero-order valence-electron chi connectivity index (χ0n) is 11.4. The van der Waals surface area contributed by atoms with Crippen molar-refractivity contribution in [1.82, 2.24) is 5.32 Å². The van der Waals surface area contributed by atoms with Crippen LogP contribution in [0.15, 0.2) is 24.3 Å². The average molecular weight is 264 g/mol. The minimum absolute atomic E-state index is 0.108. The summed E-state index contributed by atoms with van der Waals surface area (Å²) in [5.74, 6) is -0.449. The van der Waals surface area contributed by atoms with Gasteiger partial charge in [0.1, 0.15) is 0 Å². The number of rotatable bonds is 7. The average Bonchev–Trinajstić information content (AvgIpc) is 2.43. The van der Waals surface area contributed by atoms with Crippen molar-refractivity contribution in [3.63, 3.8) is 0 Å². The molecule has 1 rings (SSSR count). The molecule has 0 saturated heterocycles. The largest absolute Gasteiger partial charge is 0.462 e. The van der Waals surface area contributed by atoms with Crippen molar-refractivity contribution in [1.29, 1.82) is 0 Å². The van der Waals surface area contributed by atoms with E-state index in [0.717, 1.165) is 13.0 Å². The second-order valence-electron chi connectivity index (χ2n) is 4.04. The van der Waals surface area contributed by atoms with Gasteiger partial charge in [0.25, 0.3) is 0 Å². The van der Waals surface area contributed by atoms with Crippen molar-refractivity contribution >= 4 is 17.6 Å². The Kier molecular flexibility index (Phi) is 6.60. The lowest BCUT2D eigenvalue weighted by Gasteiger charge is -2.07. The summed E-state index contributed by atoms with van der Waals surface area (Å²) in [6.07, 6.45) is 0.796. The maximum absolute atomic E-state index is 11.6. The normalized spacial score (nSPS) is 10.0. The van der Waals surface area contributed by atoms with E-state index in [0.29, 0.717) is 17.9 Å². The van der Waals surface area contributed by atoms with Gasteiger partial charge in [0, 0.05) is 5.69 Å². The van der Waals surface area contributed by atoms with Gasteiger partial charge in [-0.2, -0.15) is 0 Å². The van der Waals surface area contributed by atoms with Gasteiger partial charge in [0.15, 0.2) is 0 Å². The summed E-state index contributed by atoms with van der Waals surface area (Å²) in [5, 5.41) is 5.67. The summed E-state index contributed by atoms with van der Waals surface area (Å²) in [6, 6.07) is 6.65. The molecule has 0 aliphatic carbocycles. The van der Waals surface area contributed by atoms with Crippen molar-refractivity contribution in [2.45, 2.75) is 20.3 Å². The number of nitrogens with one attached hydrogen (secondary N) is 2. The molecular formula is C14H20N2O3. The summed E-state index contributed by atoms with van der Waals surface area (Å²) in [4.78, 5) is 23.0. The molecule has 0 saturated carbocycles. The molecule has 0 aliphatic heterocycles. The van der Waals surface area contributed by atoms with Crippen molar-refractivity contribution in [3.05, 3.63) is 29.8 Å². The van der Waals surface area contributed by atoms with Crippen LogP contribution in [0.2, 0.25) is 0 Å². The molecule has 1 aromatic carbocycles. The standard InChI is InChI=1S/C14H20N2O3/c1-3-9-19-14(18)11-5-7-12(8-6-11)16-13(17)10-15-4-2/h5-8,15H,3-4,9-10H2,1-2H3,(H,16,17). The van der Waals surface area contributed by atoms with Gasteiger partial charge < -0.3 is 15.4 Å². The molecule has 2 N–H and O–H groups in total. The van der Waals surface area contributed by atoms with Gasteiger partial charge in [-0.25, -0.2) is 4.79 Å². The Hall–Kier alpha value is -1.88. The number of anilines is 1. The second kappa shape index (κ2) is 8.26. The SMILES string of the molecule is CCCOC(=O)c1ccc(NC(=O)CNCC)cc1. The Morgan fingerprint density at radius 3 is 2.42 bits per heavy atom. The fourth-order valence-electron chi connectivity index (χ4n) is 1.41. The van der Waals surface area contributed by atoms with Crippen LogP contribution < -0.4 is 10.6 Å². The summed E-state index contributed by atoms with van der Waals surface area (Å²) in [7, 11) is 0. The number of hydrogen-bond acceptors (Lipinski definition) is 4. The van der Waals surface area contributed by atoms with Crippen LogP contribution in [-0.4, -0.2) is 31.6 Å². The molecule has 0 fully saturated rings. The number of amides is 1. The fourth-order valence-corrected chi connectivity index (χ4v) is 1.41. The van der Waals surface area contributed by atoms with Crippen LogP contribution in [-0.2, 0) is 9.53 Å². The van der Waals surface area contributed by atoms with E-state index in [1.165, 1.54) is 0 Å². The smallest absolute Gasteiger partial charge is 0.338 e. The molecule has 0 atom stereocenters. The zero-order chi connectivity index (χ0) is 14.1. The number of hydrogen-bond donors (Lipinski definition) is 2.